The van der Waals surface area contributed by atoms with Crippen LogP contribution in [0.2, 0.25) is 0 Å². The van der Waals surface area contributed by atoms with Crippen LogP contribution in [0.5, 0.6) is 0 Å². The van der Waals surface area contributed by atoms with Crippen molar-refractivity contribution in [3.63, 3.8) is 0 Å². The van der Waals surface area contributed by atoms with Gasteiger partial charge in [-0.15, -0.1) is 4.91 Å². The van der Waals surface area contributed by atoms with Gasteiger partial charge in [0.05, 0.1) is 0 Å². The third-order valence-electron chi connectivity index (χ3n) is 6.10. The average molecular weight is 428 g/mol. The zero-order valence-electron chi connectivity index (χ0n) is 19.3. The lowest BCUT2D eigenvalue weighted by Crippen LogP contribution is -2.46. The lowest BCUT2D eigenvalue weighted by atomic mass is 9.96. The molecule has 2 aliphatic rings. The highest BCUT2D eigenvalue weighted by molar-refractivity contribution is 6.06. The Morgan fingerprint density at radius 3 is 2.71 bits per heavy atom. The molecule has 1 saturated heterocycles. The summed E-state index contributed by atoms with van der Waals surface area (Å²) in [4.78, 5) is 15.9. The number of benzene rings is 1. The zero-order valence-corrected chi connectivity index (χ0v) is 19.3. The number of aliphatic imine (C=N–C) groups is 1. The first kappa shape index (κ1) is 23.6. The fraction of sp³-hybridized carbons (Fsp3) is 0.625. The van der Waals surface area contributed by atoms with E-state index in [1.165, 1.54) is 11.1 Å². The van der Waals surface area contributed by atoms with Gasteiger partial charge in [0.2, 0.25) is 0 Å². The molecule has 1 aromatic carbocycles. The Balaban J connectivity index is 1.70. The number of rotatable bonds is 9. The van der Waals surface area contributed by atoms with Crippen molar-refractivity contribution in [2.24, 2.45) is 10.2 Å². The van der Waals surface area contributed by atoms with E-state index in [-0.39, 0.29) is 12.0 Å². The summed E-state index contributed by atoms with van der Waals surface area (Å²) in [7, 11) is 0. The van der Waals surface area contributed by atoms with E-state index in [0.717, 1.165) is 62.3 Å². The van der Waals surface area contributed by atoms with E-state index in [1.807, 2.05) is 6.92 Å². The minimum absolute atomic E-state index is 0.197. The van der Waals surface area contributed by atoms with E-state index in [0.29, 0.717) is 18.6 Å². The molecule has 2 atom stereocenters. The van der Waals surface area contributed by atoms with Crippen LogP contribution in [0.25, 0.3) is 6.08 Å². The molecule has 7 nitrogen and oxygen atoms in total. The second-order valence-corrected chi connectivity index (χ2v) is 8.51. The van der Waals surface area contributed by atoms with Gasteiger partial charge in [-0.25, -0.2) is 0 Å². The van der Waals surface area contributed by atoms with Crippen LogP contribution >= 0.6 is 0 Å². The maximum Gasteiger partial charge on any atom is 0.198 e. The summed E-state index contributed by atoms with van der Waals surface area (Å²) in [6.07, 6.45) is 6.11. The molecule has 3 rings (SSSR count). The van der Waals surface area contributed by atoms with Crippen LogP contribution in [-0.4, -0.2) is 50.4 Å². The van der Waals surface area contributed by atoms with Gasteiger partial charge in [-0.05, 0) is 81.4 Å². The van der Waals surface area contributed by atoms with Gasteiger partial charge in [-0.2, -0.15) is 0 Å². The third kappa shape index (κ3) is 6.21. The van der Waals surface area contributed by atoms with Gasteiger partial charge < -0.3 is 15.4 Å². The highest BCUT2D eigenvalue weighted by Gasteiger charge is 2.26. The van der Waals surface area contributed by atoms with Crippen molar-refractivity contribution in [1.82, 2.24) is 10.6 Å². The minimum atomic E-state index is -0.197. The molecule has 0 aliphatic carbocycles. The molecule has 1 fully saturated rings. The summed E-state index contributed by atoms with van der Waals surface area (Å²) in [5.41, 5.74) is 5.36. The van der Waals surface area contributed by atoms with E-state index in [4.69, 9.17) is 4.74 Å². The minimum Gasteiger partial charge on any atom is -0.381 e. The number of nitrogens with zero attached hydrogens (tertiary/aromatic N) is 2. The Hall–Kier alpha value is -2.09. The van der Waals surface area contributed by atoms with Crippen molar-refractivity contribution in [2.75, 3.05) is 31.6 Å². The summed E-state index contributed by atoms with van der Waals surface area (Å²) in [6, 6.07) is 5.30. The van der Waals surface area contributed by atoms with E-state index >= 15 is 0 Å². The van der Waals surface area contributed by atoms with Crippen molar-refractivity contribution in [3.05, 3.63) is 39.3 Å². The number of amidine groups is 1. The molecule has 1 aromatic rings. The standard InChI is InChI=1S/C24H37N5O2/c1-5-19(27-20-8-11-31-12-9-20)7-10-26-23-21(24(29-30)25-6-2)15-18-14-16(3)13-17(4)22(18)28-23/h13-15,19-20,23,26-28H,5-12H2,1-4H3. The quantitative estimate of drug-likeness (QED) is 0.313. The summed E-state index contributed by atoms with van der Waals surface area (Å²) < 4.78 is 5.47. The van der Waals surface area contributed by atoms with Gasteiger partial charge in [0, 0.05) is 43.1 Å². The molecule has 0 spiro atoms. The van der Waals surface area contributed by atoms with Crippen molar-refractivity contribution < 1.29 is 4.74 Å². The van der Waals surface area contributed by atoms with Gasteiger partial charge in [-0.1, -0.05) is 18.6 Å². The van der Waals surface area contributed by atoms with Crippen LogP contribution < -0.4 is 16.0 Å². The van der Waals surface area contributed by atoms with Gasteiger partial charge in [0.1, 0.15) is 6.17 Å². The molecule has 2 aliphatic heterocycles. The smallest absolute Gasteiger partial charge is 0.198 e. The number of nitroso groups, excluding NO2 is 1. The zero-order chi connectivity index (χ0) is 22.2. The van der Waals surface area contributed by atoms with E-state index in [1.54, 1.807) is 0 Å². The lowest BCUT2D eigenvalue weighted by molar-refractivity contribution is 0.0743. The predicted octanol–water partition coefficient (Wildman–Crippen LogP) is 4.15. The molecule has 2 heterocycles. The fourth-order valence-electron chi connectivity index (χ4n) is 4.47. The van der Waals surface area contributed by atoms with Gasteiger partial charge in [0.15, 0.2) is 5.84 Å². The molecular formula is C24H37N5O2. The Bertz CT molecular complexity index is 814. The van der Waals surface area contributed by atoms with Crippen LogP contribution in [0.1, 0.15) is 56.2 Å². The van der Waals surface area contributed by atoms with Gasteiger partial charge >= 0.3 is 0 Å². The first-order valence-electron chi connectivity index (χ1n) is 11.6. The molecule has 0 saturated carbocycles. The topological polar surface area (TPSA) is 87.1 Å². The Labute approximate surface area is 186 Å². The van der Waals surface area contributed by atoms with Gasteiger partial charge in [0.25, 0.3) is 0 Å². The van der Waals surface area contributed by atoms with Crippen molar-refractivity contribution >= 4 is 17.6 Å². The second-order valence-electron chi connectivity index (χ2n) is 8.51. The Morgan fingerprint density at radius 1 is 1.26 bits per heavy atom. The third-order valence-corrected chi connectivity index (χ3v) is 6.10. The molecule has 2 unspecified atom stereocenters. The molecule has 3 N–H and O–H groups in total. The van der Waals surface area contributed by atoms with Crippen molar-refractivity contribution in [3.8, 4) is 0 Å². The van der Waals surface area contributed by atoms with Crippen LogP contribution in [0, 0.1) is 18.8 Å². The normalized spacial score (nSPS) is 20.6. The molecule has 170 valence electrons. The monoisotopic (exact) mass is 427 g/mol. The molecule has 0 radical (unpaired) electrons. The number of fused-ring (bicyclic) bond motifs is 1. The van der Waals surface area contributed by atoms with Crippen molar-refractivity contribution in [2.45, 2.75) is 71.6 Å². The average Bonchev–Trinajstić information content (AvgIpc) is 2.77. The van der Waals surface area contributed by atoms with Crippen LogP contribution in [0.15, 0.2) is 27.9 Å². The van der Waals surface area contributed by atoms with E-state index in [2.05, 4.69) is 65.1 Å². The molecule has 0 aromatic heterocycles. The van der Waals surface area contributed by atoms with E-state index in [9.17, 15) is 4.91 Å². The fourth-order valence-corrected chi connectivity index (χ4v) is 4.47. The maximum absolute atomic E-state index is 11.5. The summed E-state index contributed by atoms with van der Waals surface area (Å²) in [5, 5.41) is 14.2. The Morgan fingerprint density at radius 2 is 2.03 bits per heavy atom. The Kier molecular flexibility index (Phi) is 8.75. The lowest BCUT2D eigenvalue weighted by Gasteiger charge is -2.31. The summed E-state index contributed by atoms with van der Waals surface area (Å²) >= 11 is 0. The van der Waals surface area contributed by atoms with Crippen LogP contribution in [0.3, 0.4) is 0 Å². The summed E-state index contributed by atoms with van der Waals surface area (Å²) in [6.45, 7) is 11.4. The molecule has 7 heteroatoms. The first-order chi connectivity index (χ1) is 15.0. The number of aryl methyl sites for hydroxylation is 2. The summed E-state index contributed by atoms with van der Waals surface area (Å²) in [5.74, 6) is 0.268. The predicted molar refractivity (Wildman–Crippen MR) is 129 cm³/mol. The number of nitrogens with one attached hydrogen (secondary N) is 3. The van der Waals surface area contributed by atoms with Crippen LogP contribution in [0.4, 0.5) is 5.69 Å². The molecule has 31 heavy (non-hydrogen) atoms. The van der Waals surface area contributed by atoms with Crippen LogP contribution in [-0.2, 0) is 4.74 Å². The highest BCUT2D eigenvalue weighted by atomic mass is 16.5. The largest absolute Gasteiger partial charge is 0.381 e. The number of hydrogen-bond acceptors (Lipinski definition) is 6. The van der Waals surface area contributed by atoms with E-state index < -0.39 is 0 Å². The highest BCUT2D eigenvalue weighted by Crippen LogP contribution is 2.31. The SMILES string of the molecule is CCN=C(N=O)C1=Cc2cc(C)cc(C)c2NC1NCCC(CC)NC1CCOCC1. The molecular weight excluding hydrogens is 390 g/mol. The maximum atomic E-state index is 11.5. The number of ether oxygens (including phenoxy) is 1. The molecule has 0 amide bonds. The first-order valence-corrected chi connectivity index (χ1v) is 11.6. The van der Waals surface area contributed by atoms with Gasteiger partial charge in [-0.3, -0.25) is 10.3 Å². The second kappa shape index (κ2) is 11.5. The van der Waals surface area contributed by atoms with Crippen molar-refractivity contribution in [1.29, 1.82) is 0 Å². The molecule has 0 bridgehead atoms. The number of anilines is 1. The number of hydrogen-bond donors (Lipinski definition) is 3.